The first-order valence-corrected chi connectivity index (χ1v) is 10.3. The summed E-state index contributed by atoms with van der Waals surface area (Å²) in [6.45, 7) is 9.21. The molecule has 0 aliphatic carbocycles. The topological polar surface area (TPSA) is 61.8 Å². The van der Waals surface area contributed by atoms with Gasteiger partial charge in [0.1, 0.15) is 11.6 Å². The number of hydrogen-bond acceptors (Lipinski definition) is 4. The molecule has 0 spiro atoms. The summed E-state index contributed by atoms with van der Waals surface area (Å²) in [6, 6.07) is 11.9. The van der Waals surface area contributed by atoms with Crippen LogP contribution in [0.5, 0.6) is 0 Å². The van der Waals surface area contributed by atoms with E-state index in [0.717, 1.165) is 23.6 Å². The van der Waals surface area contributed by atoms with Gasteiger partial charge in [-0.05, 0) is 44.6 Å². The van der Waals surface area contributed by atoms with E-state index in [1.54, 1.807) is 0 Å². The van der Waals surface area contributed by atoms with E-state index in [4.69, 9.17) is 5.73 Å². The third-order valence-electron chi connectivity index (χ3n) is 3.35. The molecule has 148 valence electrons. The quantitative estimate of drug-likeness (QED) is 0.264. The summed E-state index contributed by atoms with van der Waals surface area (Å²) in [5.74, 6) is 0. The summed E-state index contributed by atoms with van der Waals surface area (Å²) < 4.78 is 0. The summed E-state index contributed by atoms with van der Waals surface area (Å²) >= 11 is 1.47. The molecule has 3 N–H and O–H groups in total. The van der Waals surface area contributed by atoms with Crippen molar-refractivity contribution in [1.82, 2.24) is 0 Å². The second-order valence-electron chi connectivity index (χ2n) is 5.50. The highest BCUT2D eigenvalue weighted by atomic mass is 32.2. The minimum absolute atomic E-state index is 0.466. The number of hydrogen-bond donors (Lipinski definition) is 2. The number of benzene rings is 1. The summed E-state index contributed by atoms with van der Waals surface area (Å²) in [4.78, 5) is 0. The molecule has 3 nitrogen and oxygen atoms in total. The lowest BCUT2D eigenvalue weighted by Gasteiger charge is -2.11. The number of allylic oxidation sites excluding steroid dienone is 8. The number of rotatable bonds is 10. The molecule has 0 amide bonds. The van der Waals surface area contributed by atoms with Crippen molar-refractivity contribution in [2.45, 2.75) is 26.2 Å². The Morgan fingerprint density at radius 3 is 2.21 bits per heavy atom. The molecular weight excluding hydrogens is 362 g/mol. The Bertz CT molecular complexity index is 735. The molecule has 0 atom stereocenters. The maximum atomic E-state index is 9.40. The van der Waals surface area contributed by atoms with Crippen LogP contribution in [-0.4, -0.2) is 6.26 Å². The lowest BCUT2D eigenvalue weighted by molar-refractivity contribution is 1.24. The monoisotopic (exact) mass is 393 g/mol. The van der Waals surface area contributed by atoms with Gasteiger partial charge in [0.2, 0.25) is 0 Å². The predicted octanol–water partition coefficient (Wildman–Crippen LogP) is 6.70. The predicted molar refractivity (Wildman–Crippen MR) is 127 cm³/mol. The Kier molecular flexibility index (Phi) is 15.7. The van der Waals surface area contributed by atoms with E-state index >= 15 is 0 Å². The SMILES string of the molecule is C=CC/C=C/C/C=C(N)/C(C#N)=C(/Nc1ccccc1)SC.C=CC/C=C\C. The fourth-order valence-electron chi connectivity index (χ4n) is 1.93. The average molecular weight is 394 g/mol. The summed E-state index contributed by atoms with van der Waals surface area (Å²) in [5, 5.41) is 13.4. The number of nitrogens with two attached hydrogens (primary N) is 1. The van der Waals surface area contributed by atoms with E-state index < -0.39 is 0 Å². The molecule has 28 heavy (non-hydrogen) atoms. The van der Waals surface area contributed by atoms with Crippen molar-refractivity contribution in [3.63, 3.8) is 0 Å². The second kappa shape index (κ2) is 17.5. The molecule has 0 heterocycles. The molecule has 0 unspecified atom stereocenters. The van der Waals surface area contributed by atoms with Gasteiger partial charge in [0.25, 0.3) is 0 Å². The van der Waals surface area contributed by atoms with Gasteiger partial charge in [0.15, 0.2) is 0 Å². The van der Waals surface area contributed by atoms with Crippen LogP contribution in [0, 0.1) is 11.3 Å². The lowest BCUT2D eigenvalue weighted by Crippen LogP contribution is -2.07. The van der Waals surface area contributed by atoms with Crippen LogP contribution in [0.2, 0.25) is 0 Å². The highest BCUT2D eigenvalue weighted by molar-refractivity contribution is 8.02. The molecule has 0 aromatic heterocycles. The number of nitrogens with one attached hydrogen (secondary N) is 1. The highest BCUT2D eigenvalue weighted by Crippen LogP contribution is 2.23. The summed E-state index contributed by atoms with van der Waals surface area (Å²) in [7, 11) is 0. The molecule has 1 aromatic carbocycles. The van der Waals surface area contributed by atoms with Crippen LogP contribution in [0.4, 0.5) is 5.69 Å². The zero-order valence-corrected chi connectivity index (χ0v) is 17.7. The van der Waals surface area contributed by atoms with Gasteiger partial charge in [-0.3, -0.25) is 0 Å². The van der Waals surface area contributed by atoms with Gasteiger partial charge in [-0.2, -0.15) is 5.26 Å². The van der Waals surface area contributed by atoms with Crippen molar-refractivity contribution in [2.24, 2.45) is 5.73 Å². The van der Waals surface area contributed by atoms with Crippen LogP contribution in [0.3, 0.4) is 0 Å². The van der Waals surface area contributed by atoms with Gasteiger partial charge in [-0.25, -0.2) is 0 Å². The van der Waals surface area contributed by atoms with Crippen molar-refractivity contribution in [3.8, 4) is 6.07 Å². The number of nitriles is 1. The Morgan fingerprint density at radius 2 is 1.71 bits per heavy atom. The lowest BCUT2D eigenvalue weighted by atomic mass is 10.2. The molecule has 4 heteroatoms. The molecule has 0 saturated heterocycles. The van der Waals surface area contributed by atoms with Crippen molar-refractivity contribution in [3.05, 3.63) is 102 Å². The van der Waals surface area contributed by atoms with Gasteiger partial charge in [0, 0.05) is 11.4 Å². The average Bonchev–Trinajstić information content (AvgIpc) is 2.73. The molecule has 1 aromatic rings. The molecular formula is C24H31N3S. The van der Waals surface area contributed by atoms with E-state index in [-0.39, 0.29) is 0 Å². The first-order valence-electron chi connectivity index (χ1n) is 9.08. The number of nitrogens with zero attached hydrogens (tertiary/aromatic N) is 1. The normalized spacial score (nSPS) is 12.0. The Labute approximate surface area is 174 Å². The van der Waals surface area contributed by atoms with Crippen molar-refractivity contribution in [2.75, 3.05) is 11.6 Å². The molecule has 0 fully saturated rings. The fraction of sp³-hybridized carbons (Fsp3) is 0.208. The van der Waals surface area contributed by atoms with E-state index in [0.29, 0.717) is 17.7 Å². The maximum Gasteiger partial charge on any atom is 0.105 e. The number of anilines is 1. The molecule has 0 radical (unpaired) electrons. The first-order chi connectivity index (χ1) is 13.6. The molecule has 0 aliphatic rings. The van der Waals surface area contributed by atoms with Crippen LogP contribution >= 0.6 is 11.8 Å². The van der Waals surface area contributed by atoms with E-state index in [2.05, 4.69) is 30.6 Å². The van der Waals surface area contributed by atoms with Crippen LogP contribution in [0.1, 0.15) is 26.2 Å². The minimum Gasteiger partial charge on any atom is -0.398 e. The van der Waals surface area contributed by atoms with Crippen LogP contribution in [-0.2, 0) is 0 Å². The number of para-hydroxylation sites is 1. The fourth-order valence-corrected chi connectivity index (χ4v) is 2.52. The Hall–Kier alpha value is -2.90. The zero-order chi connectivity index (χ0) is 21.0. The maximum absolute atomic E-state index is 9.40. The second-order valence-corrected chi connectivity index (χ2v) is 6.31. The van der Waals surface area contributed by atoms with Crippen LogP contribution in [0.25, 0.3) is 0 Å². The minimum atomic E-state index is 0.466. The molecule has 0 aliphatic heterocycles. The molecule has 0 bridgehead atoms. The number of thioether (sulfide) groups is 1. The van der Waals surface area contributed by atoms with E-state index in [1.165, 1.54) is 11.8 Å². The standard InChI is InChI=1S/C18H21N3S.C6H10/c1-3-4-5-6-10-13-17(20)16(14-19)18(22-2)21-15-11-8-7-9-12-15;1-3-5-6-4-2/h3,5-9,11-13,21H,1,4,10,20H2,2H3;3-4,6H,1,5H2,2H3/b6-5+,17-13-,18-16-;6-4-. The van der Waals surface area contributed by atoms with Crippen molar-refractivity contribution >= 4 is 17.4 Å². The van der Waals surface area contributed by atoms with Gasteiger partial charge in [0.05, 0.1) is 5.03 Å². The first kappa shape index (κ1) is 25.1. The molecule has 0 saturated carbocycles. The van der Waals surface area contributed by atoms with Crippen molar-refractivity contribution < 1.29 is 0 Å². The van der Waals surface area contributed by atoms with Gasteiger partial charge in [-0.15, -0.1) is 24.9 Å². The van der Waals surface area contributed by atoms with Crippen molar-refractivity contribution in [1.29, 1.82) is 5.26 Å². The largest absolute Gasteiger partial charge is 0.398 e. The summed E-state index contributed by atoms with van der Waals surface area (Å²) in [5.41, 5.74) is 7.93. The Balaban J connectivity index is 0.00000105. The smallest absolute Gasteiger partial charge is 0.105 e. The van der Waals surface area contributed by atoms with Crippen LogP contribution < -0.4 is 11.1 Å². The zero-order valence-electron chi connectivity index (χ0n) is 16.9. The Morgan fingerprint density at radius 1 is 1.11 bits per heavy atom. The van der Waals surface area contributed by atoms with E-state index in [1.807, 2.05) is 80.0 Å². The van der Waals surface area contributed by atoms with Gasteiger partial charge in [-0.1, -0.05) is 60.7 Å². The van der Waals surface area contributed by atoms with Crippen LogP contribution in [0.15, 0.2) is 102 Å². The summed E-state index contributed by atoms with van der Waals surface area (Å²) in [6.07, 6.45) is 18.1. The third kappa shape index (κ3) is 11.7. The molecule has 1 rings (SSSR count). The van der Waals surface area contributed by atoms with Gasteiger partial charge >= 0.3 is 0 Å². The van der Waals surface area contributed by atoms with Gasteiger partial charge < -0.3 is 11.1 Å². The third-order valence-corrected chi connectivity index (χ3v) is 4.06. The van der Waals surface area contributed by atoms with E-state index in [9.17, 15) is 5.26 Å². The highest BCUT2D eigenvalue weighted by Gasteiger charge is 2.08.